The molecule has 0 fully saturated rings. The molecule has 5 nitrogen and oxygen atoms in total. The third-order valence-electron chi connectivity index (χ3n) is 3.84. The predicted octanol–water partition coefficient (Wildman–Crippen LogP) is 3.46. The minimum atomic E-state index is -3.62. The molecule has 1 atom stereocenters. The smallest absolute Gasteiger partial charge is 0.255 e. The van der Waals surface area contributed by atoms with Crippen molar-refractivity contribution < 1.29 is 17.6 Å². The Morgan fingerprint density at radius 2 is 1.80 bits per heavy atom. The number of benzene rings is 2. The zero-order valence-corrected chi connectivity index (χ0v) is 15.2. The van der Waals surface area contributed by atoms with E-state index >= 15 is 0 Å². The molecule has 0 spiro atoms. The van der Waals surface area contributed by atoms with E-state index in [1.165, 1.54) is 36.4 Å². The molecule has 2 aromatic rings. The Bertz CT molecular complexity index is 864. The van der Waals surface area contributed by atoms with Gasteiger partial charge in [-0.25, -0.2) is 17.5 Å². The van der Waals surface area contributed by atoms with Crippen LogP contribution in [0.5, 0.6) is 0 Å². The van der Waals surface area contributed by atoms with Crippen molar-refractivity contribution in [1.82, 2.24) is 4.72 Å². The van der Waals surface area contributed by atoms with Crippen LogP contribution in [0.25, 0.3) is 0 Å². The van der Waals surface area contributed by atoms with Crippen LogP contribution in [0, 0.1) is 12.7 Å². The van der Waals surface area contributed by atoms with Crippen molar-refractivity contribution in [3.63, 3.8) is 0 Å². The second-order valence-electron chi connectivity index (χ2n) is 5.87. The molecular weight excluding hydrogens is 343 g/mol. The molecule has 0 saturated carbocycles. The number of carbonyl (C=O) groups is 1. The van der Waals surface area contributed by atoms with Gasteiger partial charge in [-0.3, -0.25) is 4.79 Å². The Hall–Kier alpha value is -2.25. The molecule has 0 radical (unpaired) electrons. The van der Waals surface area contributed by atoms with Gasteiger partial charge < -0.3 is 5.32 Å². The fourth-order valence-corrected chi connectivity index (χ4v) is 3.45. The summed E-state index contributed by atoms with van der Waals surface area (Å²) in [6.45, 7) is 5.42. The first-order valence-corrected chi connectivity index (χ1v) is 9.41. The van der Waals surface area contributed by atoms with Crippen LogP contribution in [-0.4, -0.2) is 20.4 Å². The van der Waals surface area contributed by atoms with Crippen LogP contribution >= 0.6 is 0 Å². The van der Waals surface area contributed by atoms with E-state index in [2.05, 4.69) is 10.0 Å². The number of carbonyl (C=O) groups excluding carboxylic acids is 1. The van der Waals surface area contributed by atoms with Gasteiger partial charge in [-0.1, -0.05) is 13.0 Å². The number of hydrogen-bond donors (Lipinski definition) is 2. The van der Waals surface area contributed by atoms with E-state index in [9.17, 15) is 17.6 Å². The molecule has 134 valence electrons. The molecule has 0 aliphatic carbocycles. The SMILES string of the molecule is CCC(C)NS(=O)(=O)c1ccc(C(=O)Nc2cc(F)ccc2C)cc1. The van der Waals surface area contributed by atoms with Crippen molar-refractivity contribution in [2.45, 2.75) is 38.1 Å². The zero-order chi connectivity index (χ0) is 18.6. The fraction of sp³-hybridized carbons (Fsp3) is 0.278. The van der Waals surface area contributed by atoms with Crippen molar-refractivity contribution in [3.05, 3.63) is 59.4 Å². The highest BCUT2D eigenvalue weighted by atomic mass is 32.2. The number of hydrogen-bond acceptors (Lipinski definition) is 3. The van der Waals surface area contributed by atoms with Crippen LogP contribution < -0.4 is 10.0 Å². The third kappa shape index (κ3) is 4.87. The van der Waals surface area contributed by atoms with Crippen molar-refractivity contribution in [2.24, 2.45) is 0 Å². The molecule has 1 unspecified atom stereocenters. The highest BCUT2D eigenvalue weighted by Crippen LogP contribution is 2.18. The van der Waals surface area contributed by atoms with Crippen LogP contribution in [0.4, 0.5) is 10.1 Å². The Labute approximate surface area is 147 Å². The molecule has 2 aromatic carbocycles. The summed E-state index contributed by atoms with van der Waals surface area (Å²) in [5.41, 5.74) is 1.39. The molecular formula is C18H21FN2O3S. The third-order valence-corrected chi connectivity index (χ3v) is 5.45. The summed E-state index contributed by atoms with van der Waals surface area (Å²) >= 11 is 0. The Balaban J connectivity index is 2.16. The van der Waals surface area contributed by atoms with Crippen molar-refractivity contribution in [3.8, 4) is 0 Å². The number of sulfonamides is 1. The van der Waals surface area contributed by atoms with Gasteiger partial charge in [-0.05, 0) is 62.2 Å². The molecule has 2 rings (SSSR count). The molecule has 0 saturated heterocycles. The summed E-state index contributed by atoms with van der Waals surface area (Å²) in [5.74, 6) is -0.883. The van der Waals surface area contributed by atoms with Crippen LogP contribution in [0.1, 0.15) is 36.2 Å². The van der Waals surface area contributed by atoms with Crippen molar-refractivity contribution in [2.75, 3.05) is 5.32 Å². The van der Waals surface area contributed by atoms with Crippen LogP contribution in [0.2, 0.25) is 0 Å². The zero-order valence-electron chi connectivity index (χ0n) is 14.3. The lowest BCUT2D eigenvalue weighted by Crippen LogP contribution is -2.32. The van der Waals surface area contributed by atoms with Gasteiger partial charge in [0.05, 0.1) is 4.90 Å². The standard InChI is InChI=1S/C18H21FN2O3S/c1-4-13(3)21-25(23,24)16-9-6-14(7-10-16)18(22)20-17-11-15(19)8-5-12(17)2/h5-11,13,21H,4H2,1-3H3,(H,20,22). The molecule has 1 amide bonds. The molecule has 0 heterocycles. The van der Waals surface area contributed by atoms with E-state index in [0.717, 1.165) is 5.56 Å². The number of aryl methyl sites for hydroxylation is 1. The van der Waals surface area contributed by atoms with Gasteiger partial charge >= 0.3 is 0 Å². The van der Waals surface area contributed by atoms with Gasteiger partial charge in [0.1, 0.15) is 5.82 Å². The van der Waals surface area contributed by atoms with Gasteiger partial charge in [0, 0.05) is 17.3 Å². The van der Waals surface area contributed by atoms with Crippen LogP contribution in [0.15, 0.2) is 47.4 Å². The first-order valence-electron chi connectivity index (χ1n) is 7.93. The molecule has 0 aliphatic rings. The average Bonchev–Trinajstić information content (AvgIpc) is 2.57. The summed E-state index contributed by atoms with van der Waals surface area (Å²) in [6, 6.07) is 9.54. The summed E-state index contributed by atoms with van der Waals surface area (Å²) < 4.78 is 40.3. The first-order chi connectivity index (χ1) is 11.7. The van der Waals surface area contributed by atoms with E-state index in [4.69, 9.17) is 0 Å². The normalized spacial score (nSPS) is 12.6. The minimum absolute atomic E-state index is 0.0892. The predicted molar refractivity (Wildman–Crippen MR) is 95.6 cm³/mol. The van der Waals surface area contributed by atoms with Gasteiger partial charge in [-0.2, -0.15) is 0 Å². The maximum Gasteiger partial charge on any atom is 0.255 e. The summed E-state index contributed by atoms with van der Waals surface area (Å²) in [7, 11) is -3.62. The van der Waals surface area contributed by atoms with Gasteiger partial charge in [0.25, 0.3) is 5.91 Å². The maximum atomic E-state index is 13.3. The molecule has 0 aromatic heterocycles. The van der Waals surface area contributed by atoms with Gasteiger partial charge in [-0.15, -0.1) is 0 Å². The summed E-state index contributed by atoms with van der Waals surface area (Å²) in [4.78, 5) is 12.4. The number of amides is 1. The molecule has 2 N–H and O–H groups in total. The Kier molecular flexibility index (Phi) is 5.92. The lowest BCUT2D eigenvalue weighted by Gasteiger charge is -2.12. The molecule has 25 heavy (non-hydrogen) atoms. The van der Waals surface area contributed by atoms with E-state index < -0.39 is 21.7 Å². The van der Waals surface area contributed by atoms with Crippen LogP contribution in [-0.2, 0) is 10.0 Å². The van der Waals surface area contributed by atoms with Crippen molar-refractivity contribution in [1.29, 1.82) is 0 Å². The highest BCUT2D eigenvalue weighted by molar-refractivity contribution is 7.89. The topological polar surface area (TPSA) is 75.3 Å². The van der Waals surface area contributed by atoms with Gasteiger partial charge in [0.2, 0.25) is 10.0 Å². The summed E-state index contributed by atoms with van der Waals surface area (Å²) in [6.07, 6.45) is 0.673. The minimum Gasteiger partial charge on any atom is -0.322 e. The number of rotatable bonds is 6. The molecule has 0 bridgehead atoms. The lowest BCUT2D eigenvalue weighted by molar-refractivity contribution is 0.102. The van der Waals surface area contributed by atoms with E-state index in [1.807, 2.05) is 6.92 Å². The number of anilines is 1. The monoisotopic (exact) mass is 364 g/mol. The fourth-order valence-electron chi connectivity index (χ4n) is 2.13. The number of halogens is 1. The molecule has 7 heteroatoms. The Morgan fingerprint density at radius 3 is 2.40 bits per heavy atom. The average molecular weight is 364 g/mol. The summed E-state index contributed by atoms with van der Waals surface area (Å²) in [5, 5.41) is 2.62. The second kappa shape index (κ2) is 7.76. The Morgan fingerprint density at radius 1 is 1.16 bits per heavy atom. The lowest BCUT2D eigenvalue weighted by atomic mass is 10.1. The van der Waals surface area contributed by atoms with Gasteiger partial charge in [0.15, 0.2) is 0 Å². The molecule has 0 aliphatic heterocycles. The van der Waals surface area contributed by atoms with Crippen LogP contribution in [0.3, 0.4) is 0 Å². The quantitative estimate of drug-likeness (QED) is 0.824. The van der Waals surface area contributed by atoms with E-state index in [0.29, 0.717) is 12.1 Å². The second-order valence-corrected chi connectivity index (χ2v) is 7.58. The largest absolute Gasteiger partial charge is 0.322 e. The highest BCUT2D eigenvalue weighted by Gasteiger charge is 2.17. The maximum absolute atomic E-state index is 13.3. The van der Waals surface area contributed by atoms with Crippen molar-refractivity contribution >= 4 is 21.6 Å². The first kappa shape index (κ1) is 19.1. The number of nitrogens with one attached hydrogen (secondary N) is 2. The van der Waals surface area contributed by atoms with E-state index in [-0.39, 0.29) is 16.5 Å². The van der Waals surface area contributed by atoms with E-state index in [1.54, 1.807) is 19.9 Å².